The molecule has 0 unspecified atom stereocenters. The van der Waals surface area contributed by atoms with Gasteiger partial charge in [0.1, 0.15) is 5.56 Å². The van der Waals surface area contributed by atoms with E-state index in [2.05, 4.69) is 5.10 Å². The van der Waals surface area contributed by atoms with Gasteiger partial charge in [0.2, 0.25) is 0 Å². The molecule has 112 valence electrons. The van der Waals surface area contributed by atoms with E-state index in [1.165, 1.54) is 0 Å². The van der Waals surface area contributed by atoms with Crippen LogP contribution in [0.5, 0.6) is 0 Å². The monoisotopic (exact) mass is 306 g/mol. The van der Waals surface area contributed by atoms with Crippen LogP contribution in [0.1, 0.15) is 48.3 Å². The Balaban J connectivity index is 2.31. The number of hydrogen-bond acceptors (Lipinski definition) is 3. The van der Waals surface area contributed by atoms with Crippen molar-refractivity contribution in [2.75, 3.05) is 6.61 Å². The van der Waals surface area contributed by atoms with Crippen molar-refractivity contribution in [1.29, 1.82) is 0 Å². The number of carbonyl (C=O) groups is 1. The minimum Gasteiger partial charge on any atom is -0.462 e. The molecule has 0 bridgehead atoms. The molecule has 21 heavy (non-hydrogen) atoms. The lowest BCUT2D eigenvalue weighted by Crippen LogP contribution is -2.12. The topological polar surface area (TPSA) is 44.1 Å². The normalized spacial score (nSPS) is 10.9. The van der Waals surface area contributed by atoms with Gasteiger partial charge in [0.05, 0.1) is 25.0 Å². The fourth-order valence-electron chi connectivity index (χ4n) is 2.26. The molecule has 5 heteroatoms. The van der Waals surface area contributed by atoms with Crippen molar-refractivity contribution < 1.29 is 9.53 Å². The van der Waals surface area contributed by atoms with Crippen molar-refractivity contribution in [2.24, 2.45) is 0 Å². The van der Waals surface area contributed by atoms with Crippen LogP contribution in [-0.2, 0) is 11.3 Å². The molecule has 0 spiro atoms. The highest BCUT2D eigenvalue weighted by atomic mass is 35.5. The third kappa shape index (κ3) is 3.64. The van der Waals surface area contributed by atoms with Crippen molar-refractivity contribution in [2.45, 2.75) is 33.2 Å². The molecule has 0 fully saturated rings. The molecule has 0 aliphatic heterocycles. The summed E-state index contributed by atoms with van der Waals surface area (Å²) in [5, 5.41) is 5.05. The molecule has 1 aromatic heterocycles. The Hall–Kier alpha value is -1.81. The molecule has 1 heterocycles. The summed E-state index contributed by atoms with van der Waals surface area (Å²) >= 11 is 5.89. The maximum absolute atomic E-state index is 12.0. The molecular formula is C16H19ClN2O2. The summed E-state index contributed by atoms with van der Waals surface area (Å²) in [5.74, 6) is -0.136. The molecule has 0 saturated carbocycles. The number of rotatable bonds is 5. The zero-order chi connectivity index (χ0) is 15.4. The molecule has 0 saturated heterocycles. The lowest BCUT2D eigenvalue weighted by molar-refractivity contribution is 0.0524. The number of aromatic nitrogens is 2. The first-order valence-electron chi connectivity index (χ1n) is 7.00. The molecule has 4 nitrogen and oxygen atoms in total. The van der Waals surface area contributed by atoms with Crippen LogP contribution in [0.2, 0.25) is 5.02 Å². The summed E-state index contributed by atoms with van der Waals surface area (Å²) in [7, 11) is 0. The first-order valence-corrected chi connectivity index (χ1v) is 7.38. The predicted octanol–water partition coefficient (Wildman–Crippen LogP) is 3.88. The smallest absolute Gasteiger partial charge is 0.341 e. The average Bonchev–Trinajstić information content (AvgIpc) is 2.85. The highest BCUT2D eigenvalue weighted by Gasteiger charge is 2.20. The molecule has 2 rings (SSSR count). The number of halogens is 1. The maximum Gasteiger partial charge on any atom is 0.341 e. The van der Waals surface area contributed by atoms with E-state index < -0.39 is 0 Å². The van der Waals surface area contributed by atoms with Crippen molar-refractivity contribution in [3.63, 3.8) is 0 Å². The molecule has 0 aliphatic carbocycles. The molecule has 0 aliphatic rings. The molecule has 1 aromatic carbocycles. The average molecular weight is 307 g/mol. The van der Waals surface area contributed by atoms with E-state index >= 15 is 0 Å². The molecular weight excluding hydrogens is 288 g/mol. The highest BCUT2D eigenvalue weighted by molar-refractivity contribution is 6.30. The van der Waals surface area contributed by atoms with Crippen LogP contribution in [-0.4, -0.2) is 22.4 Å². The van der Waals surface area contributed by atoms with Crippen LogP contribution in [0.4, 0.5) is 0 Å². The fraction of sp³-hybridized carbons (Fsp3) is 0.375. The van der Waals surface area contributed by atoms with Crippen molar-refractivity contribution in [3.8, 4) is 0 Å². The second kappa shape index (κ2) is 6.76. The molecule has 0 amide bonds. The standard InChI is InChI=1S/C16H19ClN2O2/c1-4-21-16(20)14-9-18-19(15(14)11(2)3)10-12-5-7-13(17)8-6-12/h5-9,11H,4,10H2,1-3H3. The van der Waals surface area contributed by atoms with Crippen molar-refractivity contribution in [1.82, 2.24) is 9.78 Å². The predicted molar refractivity (Wildman–Crippen MR) is 82.8 cm³/mol. The summed E-state index contributed by atoms with van der Waals surface area (Å²) in [5.41, 5.74) is 2.52. The van der Waals surface area contributed by atoms with Crippen LogP contribution in [0.15, 0.2) is 30.5 Å². The number of esters is 1. The Morgan fingerprint density at radius 2 is 2.00 bits per heavy atom. The van der Waals surface area contributed by atoms with Crippen LogP contribution in [0, 0.1) is 0 Å². The summed E-state index contributed by atoms with van der Waals surface area (Å²) in [6.07, 6.45) is 1.59. The van der Waals surface area contributed by atoms with Gasteiger partial charge in [-0.05, 0) is 30.5 Å². The molecule has 0 radical (unpaired) electrons. The van der Waals surface area contributed by atoms with E-state index in [0.717, 1.165) is 11.3 Å². The van der Waals surface area contributed by atoms with Gasteiger partial charge in [-0.1, -0.05) is 37.6 Å². The van der Waals surface area contributed by atoms with Gasteiger partial charge in [-0.2, -0.15) is 5.10 Å². The summed E-state index contributed by atoms with van der Waals surface area (Å²) in [6.45, 7) is 6.84. The highest BCUT2D eigenvalue weighted by Crippen LogP contribution is 2.22. The van der Waals surface area contributed by atoms with Gasteiger partial charge in [0.15, 0.2) is 0 Å². The number of nitrogens with zero attached hydrogens (tertiary/aromatic N) is 2. The number of carbonyl (C=O) groups excluding carboxylic acids is 1. The lowest BCUT2D eigenvalue weighted by atomic mass is 10.1. The first-order chi connectivity index (χ1) is 10.0. The van der Waals surface area contributed by atoms with Gasteiger partial charge in [0, 0.05) is 5.02 Å². The van der Waals surface area contributed by atoms with E-state index in [1.807, 2.05) is 42.8 Å². The Morgan fingerprint density at radius 3 is 2.57 bits per heavy atom. The minimum atomic E-state index is -0.316. The summed E-state index contributed by atoms with van der Waals surface area (Å²) < 4.78 is 6.94. The quantitative estimate of drug-likeness (QED) is 0.787. The van der Waals surface area contributed by atoms with E-state index in [0.29, 0.717) is 23.7 Å². The van der Waals surface area contributed by atoms with Gasteiger partial charge >= 0.3 is 5.97 Å². The fourth-order valence-corrected chi connectivity index (χ4v) is 2.38. The third-order valence-electron chi connectivity index (χ3n) is 3.17. The van der Waals surface area contributed by atoms with Gasteiger partial charge in [-0.3, -0.25) is 4.68 Å². The second-order valence-electron chi connectivity index (χ2n) is 5.10. The largest absolute Gasteiger partial charge is 0.462 e. The molecule has 0 N–H and O–H groups in total. The minimum absolute atomic E-state index is 0.180. The number of hydrogen-bond donors (Lipinski definition) is 0. The van der Waals surface area contributed by atoms with Crippen molar-refractivity contribution in [3.05, 3.63) is 52.3 Å². The van der Waals surface area contributed by atoms with E-state index in [4.69, 9.17) is 16.3 Å². The second-order valence-corrected chi connectivity index (χ2v) is 5.54. The number of benzene rings is 1. The van der Waals surface area contributed by atoms with Crippen LogP contribution in [0.25, 0.3) is 0 Å². The van der Waals surface area contributed by atoms with Gasteiger partial charge in [-0.15, -0.1) is 0 Å². The molecule has 2 aromatic rings. The van der Waals surface area contributed by atoms with Gasteiger partial charge < -0.3 is 4.74 Å². The van der Waals surface area contributed by atoms with Crippen molar-refractivity contribution >= 4 is 17.6 Å². The van der Waals surface area contributed by atoms with E-state index in [9.17, 15) is 4.79 Å². The Morgan fingerprint density at radius 1 is 1.33 bits per heavy atom. The third-order valence-corrected chi connectivity index (χ3v) is 3.42. The maximum atomic E-state index is 12.0. The summed E-state index contributed by atoms with van der Waals surface area (Å²) in [6, 6.07) is 7.61. The van der Waals surface area contributed by atoms with Crippen LogP contribution >= 0.6 is 11.6 Å². The zero-order valence-corrected chi connectivity index (χ0v) is 13.2. The lowest BCUT2D eigenvalue weighted by Gasteiger charge is -2.12. The zero-order valence-electron chi connectivity index (χ0n) is 12.5. The van der Waals surface area contributed by atoms with Crippen LogP contribution in [0.3, 0.4) is 0 Å². The van der Waals surface area contributed by atoms with Gasteiger partial charge in [0.25, 0.3) is 0 Å². The summed E-state index contributed by atoms with van der Waals surface area (Å²) in [4.78, 5) is 12.0. The van der Waals surface area contributed by atoms with Gasteiger partial charge in [-0.25, -0.2) is 4.79 Å². The molecule has 0 atom stereocenters. The Bertz CT molecular complexity index is 618. The number of ether oxygens (including phenoxy) is 1. The Labute approximate surface area is 129 Å². The Kier molecular flexibility index (Phi) is 5.02. The SMILES string of the molecule is CCOC(=O)c1cnn(Cc2ccc(Cl)cc2)c1C(C)C. The van der Waals surface area contributed by atoms with E-state index in [1.54, 1.807) is 13.1 Å². The van der Waals surface area contributed by atoms with E-state index in [-0.39, 0.29) is 11.9 Å². The first kappa shape index (κ1) is 15.6. The van der Waals surface area contributed by atoms with Crippen LogP contribution < -0.4 is 0 Å².